The fourth-order valence-electron chi connectivity index (χ4n) is 3.14. The first kappa shape index (κ1) is 18.9. The molecule has 0 aromatic heterocycles. The van der Waals surface area contributed by atoms with Gasteiger partial charge in [-0.15, -0.1) is 0 Å². The highest BCUT2D eigenvalue weighted by Gasteiger charge is 2.46. The van der Waals surface area contributed by atoms with Crippen LogP contribution in [0.2, 0.25) is 0 Å². The summed E-state index contributed by atoms with van der Waals surface area (Å²) in [7, 11) is 6.38. The number of rotatable bonds is 7. The second kappa shape index (κ2) is 7.61. The predicted molar refractivity (Wildman–Crippen MR) is 92.1 cm³/mol. The molecule has 1 aromatic rings. The maximum Gasteiger partial charge on any atom is 0.335 e. The lowest BCUT2D eigenvalue weighted by atomic mass is 9.77. The molecule has 1 aromatic carbocycles. The van der Waals surface area contributed by atoms with Gasteiger partial charge < -0.3 is 24.1 Å². The summed E-state index contributed by atoms with van der Waals surface area (Å²) in [5.41, 5.74) is 0.466. The van der Waals surface area contributed by atoms with Crippen molar-refractivity contribution in [3.63, 3.8) is 0 Å². The Morgan fingerprint density at radius 1 is 1.08 bits per heavy atom. The van der Waals surface area contributed by atoms with Gasteiger partial charge in [0.15, 0.2) is 5.76 Å². The van der Waals surface area contributed by atoms with Crippen molar-refractivity contribution in [2.75, 3.05) is 28.4 Å². The molecule has 0 saturated carbocycles. The third kappa shape index (κ3) is 3.49. The van der Waals surface area contributed by atoms with Gasteiger partial charge in [0, 0.05) is 13.2 Å². The quantitative estimate of drug-likeness (QED) is 0.816. The largest absolute Gasteiger partial charge is 0.498 e. The number of benzene rings is 1. The second-order valence-corrected chi connectivity index (χ2v) is 5.92. The standard InChI is InChI=1S/C19H24O6/c1-19(25-5)14(10-12-6-8-13(9-7-12)18(20)21)17(24-4)15(22-2)11-16(19)23-3/h6-9,11,14H,10H2,1-5H3,(H,20,21). The molecule has 1 aliphatic rings. The summed E-state index contributed by atoms with van der Waals surface area (Å²) in [6, 6.07) is 6.77. The zero-order valence-electron chi connectivity index (χ0n) is 15.2. The molecular formula is C19H24O6. The van der Waals surface area contributed by atoms with Gasteiger partial charge in [-0.25, -0.2) is 4.79 Å². The Morgan fingerprint density at radius 2 is 1.72 bits per heavy atom. The molecule has 25 heavy (non-hydrogen) atoms. The van der Waals surface area contributed by atoms with Gasteiger partial charge in [-0.2, -0.15) is 0 Å². The molecule has 2 rings (SSSR count). The minimum absolute atomic E-state index is 0.201. The van der Waals surface area contributed by atoms with Gasteiger partial charge in [0.2, 0.25) is 0 Å². The molecule has 1 N–H and O–H groups in total. The average Bonchev–Trinajstić information content (AvgIpc) is 2.63. The van der Waals surface area contributed by atoms with E-state index >= 15 is 0 Å². The van der Waals surface area contributed by atoms with E-state index < -0.39 is 11.6 Å². The normalized spacial score (nSPS) is 23.1. The van der Waals surface area contributed by atoms with Crippen molar-refractivity contribution in [3.05, 3.63) is 58.7 Å². The van der Waals surface area contributed by atoms with Gasteiger partial charge in [0.1, 0.15) is 17.1 Å². The van der Waals surface area contributed by atoms with Crippen molar-refractivity contribution in [1.82, 2.24) is 0 Å². The van der Waals surface area contributed by atoms with Crippen LogP contribution in [0.1, 0.15) is 22.8 Å². The van der Waals surface area contributed by atoms with Gasteiger partial charge in [-0.1, -0.05) is 12.1 Å². The maximum atomic E-state index is 11.0. The summed E-state index contributed by atoms with van der Waals surface area (Å²) in [5.74, 6) is 0.735. The van der Waals surface area contributed by atoms with Crippen LogP contribution >= 0.6 is 0 Å². The number of hydrogen-bond donors (Lipinski definition) is 1. The minimum atomic E-state index is -0.949. The van der Waals surface area contributed by atoms with Crippen molar-refractivity contribution >= 4 is 5.97 Å². The molecule has 0 bridgehead atoms. The molecular weight excluding hydrogens is 324 g/mol. The van der Waals surface area contributed by atoms with Gasteiger partial charge in [0.25, 0.3) is 0 Å². The lowest BCUT2D eigenvalue weighted by Crippen LogP contribution is -2.44. The van der Waals surface area contributed by atoms with Crippen LogP contribution < -0.4 is 0 Å². The molecule has 2 unspecified atom stereocenters. The average molecular weight is 348 g/mol. The van der Waals surface area contributed by atoms with Crippen LogP contribution in [0.15, 0.2) is 47.6 Å². The van der Waals surface area contributed by atoms with E-state index in [9.17, 15) is 4.79 Å². The number of allylic oxidation sites excluding steroid dienone is 1. The van der Waals surface area contributed by atoms with Gasteiger partial charge in [-0.3, -0.25) is 0 Å². The van der Waals surface area contributed by atoms with Crippen molar-refractivity contribution in [2.45, 2.75) is 18.9 Å². The highest BCUT2D eigenvalue weighted by atomic mass is 16.5. The zero-order chi connectivity index (χ0) is 18.6. The van der Waals surface area contributed by atoms with E-state index in [1.54, 1.807) is 58.8 Å². The topological polar surface area (TPSA) is 74.2 Å². The zero-order valence-corrected chi connectivity index (χ0v) is 15.2. The molecule has 2 atom stereocenters. The molecule has 0 aliphatic heterocycles. The third-order valence-electron chi connectivity index (χ3n) is 4.70. The second-order valence-electron chi connectivity index (χ2n) is 5.92. The van der Waals surface area contributed by atoms with E-state index in [4.69, 9.17) is 24.1 Å². The van der Waals surface area contributed by atoms with E-state index in [0.717, 1.165) is 5.56 Å². The summed E-state index contributed by atoms with van der Waals surface area (Å²) >= 11 is 0. The Morgan fingerprint density at radius 3 is 2.16 bits per heavy atom. The number of carboxylic acids is 1. The number of aromatic carboxylic acids is 1. The summed E-state index contributed by atoms with van der Waals surface area (Å²) in [5, 5.41) is 9.04. The number of methoxy groups -OCH3 is 4. The molecule has 0 spiro atoms. The van der Waals surface area contributed by atoms with Gasteiger partial charge >= 0.3 is 5.97 Å². The molecule has 0 radical (unpaired) electrons. The van der Waals surface area contributed by atoms with E-state index in [-0.39, 0.29) is 11.5 Å². The number of carbonyl (C=O) groups is 1. The number of hydrogen-bond acceptors (Lipinski definition) is 5. The SMILES string of the molecule is COC1=CC(OC)=C(OC)C(Cc2ccc(C(=O)O)cc2)C1(C)OC. The minimum Gasteiger partial charge on any atom is -0.498 e. The Hall–Kier alpha value is -2.47. The van der Waals surface area contributed by atoms with Gasteiger partial charge in [-0.05, 0) is 31.0 Å². The predicted octanol–water partition coefficient (Wildman–Crippen LogP) is 3.00. The van der Waals surface area contributed by atoms with Crippen molar-refractivity contribution < 1.29 is 28.8 Å². The highest BCUT2D eigenvalue weighted by Crippen LogP contribution is 2.42. The number of carboxylic acid groups (broad SMARTS) is 1. The Kier molecular flexibility index (Phi) is 5.74. The lowest BCUT2D eigenvalue weighted by Gasteiger charge is -2.41. The monoisotopic (exact) mass is 348 g/mol. The highest BCUT2D eigenvalue weighted by molar-refractivity contribution is 5.87. The molecule has 0 amide bonds. The molecule has 6 heteroatoms. The summed E-state index contributed by atoms with van der Waals surface area (Å²) in [6.45, 7) is 1.93. The van der Waals surface area contributed by atoms with Crippen LogP contribution in [-0.4, -0.2) is 45.1 Å². The Bertz CT molecular complexity index is 688. The summed E-state index contributed by atoms with van der Waals surface area (Å²) in [4.78, 5) is 11.0. The Balaban J connectivity index is 2.44. The van der Waals surface area contributed by atoms with Crippen LogP contribution in [-0.2, 0) is 25.4 Å². The molecule has 0 heterocycles. The van der Waals surface area contributed by atoms with E-state index in [2.05, 4.69) is 0 Å². The first-order chi connectivity index (χ1) is 11.9. The van der Waals surface area contributed by atoms with Crippen molar-refractivity contribution in [2.24, 2.45) is 5.92 Å². The summed E-state index contributed by atoms with van der Waals surface area (Å²) < 4.78 is 22.4. The summed E-state index contributed by atoms with van der Waals surface area (Å²) in [6.07, 6.45) is 2.34. The van der Waals surface area contributed by atoms with E-state index in [1.807, 2.05) is 6.92 Å². The molecule has 0 saturated heterocycles. The van der Waals surface area contributed by atoms with Crippen LogP contribution in [0.4, 0.5) is 0 Å². The lowest BCUT2D eigenvalue weighted by molar-refractivity contribution is -0.0575. The fourth-order valence-corrected chi connectivity index (χ4v) is 3.14. The third-order valence-corrected chi connectivity index (χ3v) is 4.70. The molecule has 1 aliphatic carbocycles. The molecule has 136 valence electrons. The van der Waals surface area contributed by atoms with Crippen LogP contribution in [0.5, 0.6) is 0 Å². The fraction of sp³-hybridized carbons (Fsp3) is 0.421. The van der Waals surface area contributed by atoms with Crippen LogP contribution in [0.3, 0.4) is 0 Å². The van der Waals surface area contributed by atoms with Gasteiger partial charge in [0.05, 0.1) is 32.8 Å². The first-order valence-corrected chi connectivity index (χ1v) is 7.87. The Labute approximate surface area is 147 Å². The molecule has 0 fully saturated rings. The van der Waals surface area contributed by atoms with Crippen molar-refractivity contribution in [3.8, 4) is 0 Å². The van der Waals surface area contributed by atoms with Crippen LogP contribution in [0, 0.1) is 5.92 Å². The van der Waals surface area contributed by atoms with Crippen LogP contribution in [0.25, 0.3) is 0 Å². The van der Waals surface area contributed by atoms with E-state index in [0.29, 0.717) is 23.7 Å². The van der Waals surface area contributed by atoms with E-state index in [1.165, 1.54) is 0 Å². The van der Waals surface area contributed by atoms with Crippen molar-refractivity contribution in [1.29, 1.82) is 0 Å². The smallest absolute Gasteiger partial charge is 0.335 e. The maximum absolute atomic E-state index is 11.0. The first-order valence-electron chi connectivity index (χ1n) is 7.87. The number of ether oxygens (including phenoxy) is 4. The molecule has 6 nitrogen and oxygen atoms in total.